The molecule has 1 aromatic carbocycles. The molecule has 0 aliphatic carbocycles. The maximum absolute atomic E-state index is 11.6. The molecule has 1 aliphatic rings. The topological polar surface area (TPSA) is 85.8 Å². The second kappa shape index (κ2) is 5.42. The number of nitrogens with zero attached hydrogens (tertiary/aromatic N) is 3. The van der Waals surface area contributed by atoms with E-state index in [9.17, 15) is 4.79 Å². The van der Waals surface area contributed by atoms with Gasteiger partial charge in [0, 0.05) is 0 Å². The second-order valence-electron chi connectivity index (χ2n) is 4.99. The van der Waals surface area contributed by atoms with Crippen LogP contribution in [0.15, 0.2) is 36.5 Å². The Kier molecular flexibility index (Phi) is 3.47. The van der Waals surface area contributed by atoms with Gasteiger partial charge in [-0.1, -0.05) is 23.4 Å². The van der Waals surface area contributed by atoms with Crippen LogP contribution in [-0.4, -0.2) is 27.4 Å². The number of amides is 1. The van der Waals surface area contributed by atoms with Gasteiger partial charge in [-0.05, 0) is 31.5 Å². The average Bonchev–Trinajstić information content (AvgIpc) is 2.97. The molecule has 1 aliphatic heterocycles. The van der Waals surface area contributed by atoms with Crippen LogP contribution in [0.3, 0.4) is 0 Å². The number of aromatic nitrogens is 3. The quantitative estimate of drug-likeness (QED) is 0.864. The fourth-order valence-corrected chi connectivity index (χ4v) is 2.73. The van der Waals surface area contributed by atoms with Crippen molar-refractivity contribution in [3.05, 3.63) is 42.2 Å². The number of benzene rings is 1. The van der Waals surface area contributed by atoms with Crippen LogP contribution in [-0.2, 0) is 4.79 Å². The second-order valence-corrected chi connectivity index (χ2v) is 4.99. The maximum atomic E-state index is 11.6. The van der Waals surface area contributed by atoms with Gasteiger partial charge in [-0.25, -0.2) is 4.68 Å². The van der Waals surface area contributed by atoms with Gasteiger partial charge in [-0.15, -0.1) is 5.10 Å². The van der Waals surface area contributed by atoms with E-state index in [1.807, 2.05) is 30.3 Å². The average molecular weight is 271 g/mol. The van der Waals surface area contributed by atoms with E-state index in [1.54, 1.807) is 10.9 Å². The lowest BCUT2D eigenvalue weighted by molar-refractivity contribution is -0.123. The number of nitrogens with one attached hydrogen (secondary N) is 1. The van der Waals surface area contributed by atoms with Crippen LogP contribution in [0.25, 0.3) is 5.69 Å². The zero-order valence-corrected chi connectivity index (χ0v) is 11.1. The highest BCUT2D eigenvalue weighted by Gasteiger charge is 2.33. The predicted octanol–water partition coefficient (Wildman–Crippen LogP) is 0.793. The molecule has 2 unspecified atom stereocenters. The highest BCUT2D eigenvalue weighted by molar-refractivity contribution is 5.77. The molecule has 6 nitrogen and oxygen atoms in total. The lowest BCUT2D eigenvalue weighted by atomic mass is 9.88. The third-order valence-corrected chi connectivity index (χ3v) is 3.72. The number of carbonyl (C=O) groups is 1. The summed E-state index contributed by atoms with van der Waals surface area (Å²) in [4.78, 5) is 11.6. The number of piperidine rings is 1. The van der Waals surface area contributed by atoms with Crippen molar-refractivity contribution in [2.45, 2.75) is 18.9 Å². The van der Waals surface area contributed by atoms with Crippen molar-refractivity contribution < 1.29 is 4.79 Å². The van der Waals surface area contributed by atoms with Crippen LogP contribution in [0.4, 0.5) is 0 Å². The molecule has 0 radical (unpaired) electrons. The molecule has 0 saturated carbocycles. The Labute approximate surface area is 117 Å². The first-order valence-electron chi connectivity index (χ1n) is 6.76. The third-order valence-electron chi connectivity index (χ3n) is 3.72. The van der Waals surface area contributed by atoms with E-state index in [1.165, 1.54) is 0 Å². The predicted molar refractivity (Wildman–Crippen MR) is 74.0 cm³/mol. The van der Waals surface area contributed by atoms with Gasteiger partial charge < -0.3 is 11.1 Å². The van der Waals surface area contributed by atoms with Gasteiger partial charge in [0.25, 0.3) is 0 Å². The molecule has 20 heavy (non-hydrogen) atoms. The Balaban J connectivity index is 1.98. The van der Waals surface area contributed by atoms with Crippen LogP contribution >= 0.6 is 0 Å². The molecule has 1 fully saturated rings. The summed E-state index contributed by atoms with van der Waals surface area (Å²) in [6.45, 7) is 0.869. The third kappa shape index (κ3) is 2.30. The first-order valence-corrected chi connectivity index (χ1v) is 6.76. The number of nitrogens with two attached hydrogens (primary N) is 1. The van der Waals surface area contributed by atoms with E-state index < -0.39 is 0 Å². The number of hydrogen-bond donors (Lipinski definition) is 2. The Morgan fingerprint density at radius 2 is 2.15 bits per heavy atom. The normalized spacial score (nSPS) is 22.6. The molecule has 2 atom stereocenters. The van der Waals surface area contributed by atoms with Gasteiger partial charge in [0.2, 0.25) is 5.91 Å². The minimum absolute atomic E-state index is 0.128. The van der Waals surface area contributed by atoms with Gasteiger partial charge in [0.15, 0.2) is 0 Å². The summed E-state index contributed by atoms with van der Waals surface area (Å²) >= 11 is 0. The van der Waals surface area contributed by atoms with Gasteiger partial charge in [-0.2, -0.15) is 0 Å². The lowest BCUT2D eigenvalue weighted by Crippen LogP contribution is -2.41. The van der Waals surface area contributed by atoms with Crippen LogP contribution in [0.5, 0.6) is 0 Å². The monoisotopic (exact) mass is 271 g/mol. The van der Waals surface area contributed by atoms with Crippen molar-refractivity contribution in [2.24, 2.45) is 11.7 Å². The SMILES string of the molecule is NC(=O)C1CCCNC1c1cnnn1-c1ccccc1. The van der Waals surface area contributed by atoms with E-state index in [-0.39, 0.29) is 17.9 Å². The molecule has 3 N–H and O–H groups in total. The summed E-state index contributed by atoms with van der Waals surface area (Å²) in [6, 6.07) is 9.63. The highest BCUT2D eigenvalue weighted by atomic mass is 16.1. The van der Waals surface area contributed by atoms with Crippen molar-refractivity contribution in [3.8, 4) is 5.69 Å². The first-order chi connectivity index (χ1) is 9.77. The Hall–Kier alpha value is -2.21. The molecule has 1 aromatic heterocycles. The van der Waals surface area contributed by atoms with E-state index in [0.29, 0.717) is 0 Å². The van der Waals surface area contributed by atoms with Gasteiger partial charge in [0.05, 0.1) is 29.5 Å². The molecule has 1 amide bonds. The summed E-state index contributed by atoms with van der Waals surface area (Å²) < 4.78 is 1.76. The smallest absolute Gasteiger partial charge is 0.222 e. The standard InChI is InChI=1S/C14H17N5O/c15-14(20)11-7-4-8-16-13(11)12-9-17-18-19(12)10-5-2-1-3-6-10/h1-3,5-6,9,11,13,16H,4,7-8H2,(H2,15,20). The summed E-state index contributed by atoms with van der Waals surface area (Å²) in [7, 11) is 0. The first kappa shape index (κ1) is 12.8. The van der Waals surface area contributed by atoms with Crippen molar-refractivity contribution in [1.82, 2.24) is 20.3 Å². The van der Waals surface area contributed by atoms with Gasteiger partial charge >= 0.3 is 0 Å². The van der Waals surface area contributed by atoms with E-state index >= 15 is 0 Å². The Morgan fingerprint density at radius 3 is 2.90 bits per heavy atom. The van der Waals surface area contributed by atoms with Crippen molar-refractivity contribution in [3.63, 3.8) is 0 Å². The molecule has 6 heteroatoms. The van der Waals surface area contributed by atoms with Crippen LogP contribution in [0.2, 0.25) is 0 Å². The molecule has 2 aromatic rings. The van der Waals surface area contributed by atoms with E-state index in [2.05, 4.69) is 15.6 Å². The minimum atomic E-state index is -0.275. The molecular formula is C14H17N5O. The summed E-state index contributed by atoms with van der Waals surface area (Å²) in [5, 5.41) is 11.5. The fourth-order valence-electron chi connectivity index (χ4n) is 2.73. The maximum Gasteiger partial charge on any atom is 0.222 e. The number of para-hydroxylation sites is 1. The van der Waals surface area contributed by atoms with Crippen molar-refractivity contribution in [2.75, 3.05) is 6.54 Å². The van der Waals surface area contributed by atoms with Crippen molar-refractivity contribution >= 4 is 5.91 Å². The highest BCUT2D eigenvalue weighted by Crippen LogP contribution is 2.29. The number of primary amides is 1. The number of hydrogen-bond acceptors (Lipinski definition) is 4. The number of carbonyl (C=O) groups excluding carboxylic acids is 1. The summed E-state index contributed by atoms with van der Waals surface area (Å²) in [5.41, 5.74) is 7.32. The molecule has 0 spiro atoms. The minimum Gasteiger partial charge on any atom is -0.369 e. The molecular weight excluding hydrogens is 254 g/mol. The van der Waals surface area contributed by atoms with Gasteiger partial charge in [0.1, 0.15) is 0 Å². The molecule has 1 saturated heterocycles. The zero-order valence-electron chi connectivity index (χ0n) is 11.1. The summed E-state index contributed by atoms with van der Waals surface area (Å²) in [5.74, 6) is -0.493. The fraction of sp³-hybridized carbons (Fsp3) is 0.357. The largest absolute Gasteiger partial charge is 0.369 e. The Morgan fingerprint density at radius 1 is 1.35 bits per heavy atom. The summed E-state index contributed by atoms with van der Waals surface area (Å²) in [6.07, 6.45) is 3.45. The Bertz CT molecular complexity index is 595. The van der Waals surface area contributed by atoms with Crippen molar-refractivity contribution in [1.29, 1.82) is 0 Å². The van der Waals surface area contributed by atoms with E-state index in [0.717, 1.165) is 30.8 Å². The molecule has 104 valence electrons. The number of rotatable bonds is 3. The molecule has 0 bridgehead atoms. The molecule has 3 rings (SSSR count). The lowest BCUT2D eigenvalue weighted by Gasteiger charge is -2.30. The van der Waals surface area contributed by atoms with Crippen LogP contribution in [0.1, 0.15) is 24.6 Å². The van der Waals surface area contributed by atoms with Crippen LogP contribution < -0.4 is 11.1 Å². The van der Waals surface area contributed by atoms with Crippen LogP contribution in [0, 0.1) is 5.92 Å². The van der Waals surface area contributed by atoms with Gasteiger partial charge in [-0.3, -0.25) is 4.79 Å². The van der Waals surface area contributed by atoms with E-state index in [4.69, 9.17) is 5.73 Å². The zero-order chi connectivity index (χ0) is 13.9. The molecule has 2 heterocycles.